The van der Waals surface area contributed by atoms with E-state index in [4.69, 9.17) is 35.4 Å². The van der Waals surface area contributed by atoms with Gasteiger partial charge in [0.25, 0.3) is 0 Å². The number of aliphatic hydroxyl groups excluding tert-OH is 2. The van der Waals surface area contributed by atoms with Crippen LogP contribution in [0.25, 0.3) is 11.2 Å². The Labute approximate surface area is 253 Å². The Bertz CT molecular complexity index is 1300. The van der Waals surface area contributed by atoms with Crippen molar-refractivity contribution in [1.29, 1.82) is 0 Å². The highest BCUT2D eigenvalue weighted by Crippen LogP contribution is 2.55. The van der Waals surface area contributed by atoms with Gasteiger partial charge in [0.2, 0.25) is 5.28 Å². The number of carbonyl (C=O) groups is 1. The molecule has 1 amide bonds. The van der Waals surface area contributed by atoms with Gasteiger partial charge >= 0.3 is 21.3 Å². The standard InChI is InChI=1S/C24H40ClN5O11P2/c1-2-3-4-5-6-7-8-9-10-11-12-39-24(33)28-20-17-21(29-23(25)27-20)30(14-26-17)22-19(32)18(31)16(41-22)13-40-43(37,38)15-42(34,35)36/h14,16,18-19,22,31-32H,2-13,15H2,1H3,(H,37,38)(H2,34,35,36)(H,27,28,29,33). The van der Waals surface area contributed by atoms with E-state index in [-0.39, 0.29) is 28.9 Å². The lowest BCUT2D eigenvalue weighted by Crippen LogP contribution is -2.33. The fourth-order valence-corrected chi connectivity index (χ4v) is 7.34. The van der Waals surface area contributed by atoms with Gasteiger partial charge < -0.3 is 38.9 Å². The number of hydrogen-bond donors (Lipinski definition) is 6. The van der Waals surface area contributed by atoms with Gasteiger partial charge in [-0.3, -0.25) is 19.0 Å². The number of fused-ring (bicyclic) bond motifs is 1. The van der Waals surface area contributed by atoms with Gasteiger partial charge in [-0.2, -0.15) is 9.97 Å². The molecule has 5 unspecified atom stereocenters. The highest BCUT2D eigenvalue weighted by atomic mass is 35.5. The summed E-state index contributed by atoms with van der Waals surface area (Å²) in [5.74, 6) is -1.48. The van der Waals surface area contributed by atoms with Gasteiger partial charge in [-0.05, 0) is 18.0 Å². The molecule has 43 heavy (non-hydrogen) atoms. The van der Waals surface area contributed by atoms with Crippen LogP contribution in [0.2, 0.25) is 5.28 Å². The minimum absolute atomic E-state index is 0.0251. The number of anilines is 1. The summed E-state index contributed by atoms with van der Waals surface area (Å²) in [6.45, 7) is 1.66. The van der Waals surface area contributed by atoms with Gasteiger partial charge in [0, 0.05) is 0 Å². The molecule has 16 nitrogen and oxygen atoms in total. The van der Waals surface area contributed by atoms with Gasteiger partial charge in [0.1, 0.15) is 18.3 Å². The first-order valence-electron chi connectivity index (χ1n) is 14.2. The average molecular weight is 672 g/mol. The molecule has 0 aromatic carbocycles. The molecule has 5 atom stereocenters. The molecule has 1 fully saturated rings. The van der Waals surface area contributed by atoms with E-state index in [2.05, 4.69) is 27.2 Å². The maximum absolute atomic E-state index is 12.4. The van der Waals surface area contributed by atoms with Gasteiger partial charge in [-0.25, -0.2) is 9.78 Å². The number of aromatic nitrogens is 4. The lowest BCUT2D eigenvalue weighted by atomic mass is 10.1. The molecule has 0 saturated carbocycles. The van der Waals surface area contributed by atoms with Gasteiger partial charge in [0.15, 0.2) is 29.1 Å². The summed E-state index contributed by atoms with van der Waals surface area (Å²) in [6.07, 6.45) is 5.98. The number of nitrogens with one attached hydrogen (secondary N) is 1. The molecular weight excluding hydrogens is 632 g/mol. The summed E-state index contributed by atoms with van der Waals surface area (Å²) in [5.41, 5.74) is 0.101. The number of nitrogens with zero attached hydrogens (tertiary/aromatic N) is 4. The minimum atomic E-state index is -4.86. The lowest BCUT2D eigenvalue weighted by Gasteiger charge is -2.18. The van der Waals surface area contributed by atoms with Crippen LogP contribution in [0.15, 0.2) is 6.33 Å². The van der Waals surface area contributed by atoms with Crippen LogP contribution < -0.4 is 5.32 Å². The SMILES string of the molecule is CCCCCCCCCCCCOC(=O)Nc1nc(Cl)nc2c1ncn2C1OC(COP(=O)(O)CP(=O)(O)O)C(O)C1O. The van der Waals surface area contributed by atoms with E-state index in [0.29, 0.717) is 6.42 Å². The molecule has 1 aliphatic heterocycles. The number of hydrogen-bond acceptors (Lipinski definition) is 11. The van der Waals surface area contributed by atoms with Crippen molar-refractivity contribution >= 4 is 49.9 Å². The van der Waals surface area contributed by atoms with E-state index in [0.717, 1.165) is 19.3 Å². The third-order valence-corrected chi connectivity index (χ3v) is 10.4. The second kappa shape index (κ2) is 16.6. The topological polar surface area (TPSA) is 236 Å². The summed E-state index contributed by atoms with van der Waals surface area (Å²) in [5, 5.41) is 23.2. The Balaban J connectivity index is 1.53. The van der Waals surface area contributed by atoms with E-state index >= 15 is 0 Å². The molecule has 244 valence electrons. The number of carbonyl (C=O) groups excluding carboxylic acids is 1. The lowest BCUT2D eigenvalue weighted by molar-refractivity contribution is -0.0483. The molecule has 3 rings (SSSR count). The molecule has 2 aromatic heterocycles. The fraction of sp³-hybridized carbons (Fsp3) is 0.750. The molecule has 2 aromatic rings. The quantitative estimate of drug-likeness (QED) is 0.0749. The average Bonchev–Trinajstić information content (AvgIpc) is 3.45. The zero-order valence-electron chi connectivity index (χ0n) is 23.8. The number of aliphatic hydroxyl groups is 2. The van der Waals surface area contributed by atoms with Gasteiger partial charge in [-0.15, -0.1) is 0 Å². The van der Waals surface area contributed by atoms with Crippen molar-refractivity contribution in [1.82, 2.24) is 19.5 Å². The first kappa shape index (κ1) is 35.8. The molecule has 1 saturated heterocycles. The number of rotatable bonds is 18. The van der Waals surface area contributed by atoms with E-state index in [9.17, 15) is 29.0 Å². The predicted molar refractivity (Wildman–Crippen MR) is 156 cm³/mol. The van der Waals surface area contributed by atoms with E-state index in [1.165, 1.54) is 49.4 Å². The van der Waals surface area contributed by atoms with Crippen LogP contribution >= 0.6 is 26.8 Å². The molecule has 0 spiro atoms. The summed E-state index contributed by atoms with van der Waals surface area (Å²) in [7, 11) is -9.59. The van der Waals surface area contributed by atoms with Crippen LogP contribution in [-0.4, -0.2) is 87.9 Å². The molecule has 1 aliphatic rings. The Kier molecular flexibility index (Phi) is 13.8. The Hall–Kier alpha value is -1.71. The predicted octanol–water partition coefficient (Wildman–Crippen LogP) is 3.91. The van der Waals surface area contributed by atoms with Crippen LogP contribution in [-0.2, 0) is 23.1 Å². The summed E-state index contributed by atoms with van der Waals surface area (Å²) in [4.78, 5) is 52.2. The molecular formula is C24H40ClN5O11P2. The number of halogens is 1. The van der Waals surface area contributed by atoms with Crippen molar-refractivity contribution in [3.63, 3.8) is 0 Å². The molecule has 6 N–H and O–H groups in total. The van der Waals surface area contributed by atoms with Crippen molar-refractivity contribution in [2.75, 3.05) is 24.4 Å². The second-order valence-corrected chi connectivity index (χ2v) is 14.7. The zero-order valence-corrected chi connectivity index (χ0v) is 26.4. The van der Waals surface area contributed by atoms with Crippen LogP contribution in [0.4, 0.5) is 10.6 Å². The zero-order chi connectivity index (χ0) is 31.6. The van der Waals surface area contributed by atoms with Crippen molar-refractivity contribution in [2.45, 2.75) is 95.7 Å². The van der Waals surface area contributed by atoms with E-state index in [1.807, 2.05) is 0 Å². The minimum Gasteiger partial charge on any atom is -0.449 e. The number of amides is 1. The maximum Gasteiger partial charge on any atom is 0.412 e. The summed E-state index contributed by atoms with van der Waals surface area (Å²) in [6, 6.07) is 0. The Morgan fingerprint density at radius 2 is 1.65 bits per heavy atom. The van der Waals surface area contributed by atoms with Gasteiger partial charge in [-0.1, -0.05) is 64.7 Å². The van der Waals surface area contributed by atoms with Crippen LogP contribution in [0.3, 0.4) is 0 Å². The second-order valence-electron chi connectivity index (χ2n) is 10.4. The van der Waals surface area contributed by atoms with Crippen molar-refractivity contribution in [2.24, 2.45) is 0 Å². The first-order chi connectivity index (χ1) is 20.3. The molecule has 3 heterocycles. The van der Waals surface area contributed by atoms with Crippen molar-refractivity contribution < 1.29 is 52.8 Å². The normalized spacial score (nSPS) is 22.1. The highest BCUT2D eigenvalue weighted by molar-refractivity contribution is 7.70. The number of imidazole rings is 1. The van der Waals surface area contributed by atoms with Crippen molar-refractivity contribution in [3.05, 3.63) is 11.6 Å². The van der Waals surface area contributed by atoms with E-state index in [1.54, 1.807) is 0 Å². The molecule has 0 radical (unpaired) electrons. The van der Waals surface area contributed by atoms with Crippen LogP contribution in [0.5, 0.6) is 0 Å². The van der Waals surface area contributed by atoms with Crippen molar-refractivity contribution in [3.8, 4) is 0 Å². The number of unbranched alkanes of at least 4 members (excludes halogenated alkanes) is 9. The third kappa shape index (κ3) is 11.3. The summed E-state index contributed by atoms with van der Waals surface area (Å²) < 4.78 is 39.8. The fourth-order valence-electron chi connectivity index (χ4n) is 4.61. The summed E-state index contributed by atoms with van der Waals surface area (Å²) >= 11 is 6.06. The molecule has 19 heteroatoms. The maximum atomic E-state index is 12.4. The van der Waals surface area contributed by atoms with Crippen LogP contribution in [0.1, 0.15) is 77.4 Å². The highest BCUT2D eigenvalue weighted by Gasteiger charge is 2.45. The van der Waals surface area contributed by atoms with Gasteiger partial charge in [0.05, 0.1) is 19.5 Å². The molecule has 0 aliphatic carbocycles. The molecule has 0 bridgehead atoms. The third-order valence-electron chi connectivity index (χ3n) is 6.76. The first-order valence-corrected chi connectivity index (χ1v) is 18.1. The Morgan fingerprint density at radius 1 is 1.02 bits per heavy atom. The monoisotopic (exact) mass is 671 g/mol. The smallest absolute Gasteiger partial charge is 0.412 e. The van der Waals surface area contributed by atoms with Crippen LogP contribution in [0, 0.1) is 0 Å². The van der Waals surface area contributed by atoms with E-state index < -0.39 is 58.3 Å². The largest absolute Gasteiger partial charge is 0.449 e. The number of ether oxygens (including phenoxy) is 2. The Morgan fingerprint density at radius 3 is 2.28 bits per heavy atom.